The van der Waals surface area contributed by atoms with Crippen molar-refractivity contribution in [1.82, 2.24) is 5.16 Å². The molecule has 1 aromatic carbocycles. The molecule has 2 aromatic rings. The van der Waals surface area contributed by atoms with Gasteiger partial charge < -0.3 is 15.2 Å². The van der Waals surface area contributed by atoms with E-state index < -0.39 is 40.4 Å². The number of hydrogen-bond acceptors (Lipinski definition) is 4. The lowest BCUT2D eigenvalue weighted by atomic mass is 10.2. The maximum atomic E-state index is 12.9. The normalized spacial score (nSPS) is 19.1. The average Bonchev–Trinajstić information content (AvgIpc) is 3.25. The molecule has 1 saturated carbocycles. The molecule has 0 saturated heterocycles. The Kier molecular flexibility index (Phi) is 4.66. The Morgan fingerprint density at radius 1 is 1.19 bits per heavy atom. The number of hydrogen-bond donors (Lipinski definition) is 2. The van der Waals surface area contributed by atoms with E-state index in [2.05, 4.69) is 15.8 Å². The van der Waals surface area contributed by atoms with Crippen LogP contribution >= 0.6 is 11.6 Å². The zero-order chi connectivity index (χ0) is 19.1. The topological polar surface area (TPSA) is 84.2 Å². The van der Waals surface area contributed by atoms with Crippen molar-refractivity contribution in [3.8, 4) is 0 Å². The highest BCUT2D eigenvalue weighted by Crippen LogP contribution is 2.41. The van der Waals surface area contributed by atoms with Gasteiger partial charge >= 0.3 is 6.18 Å². The first-order valence-electron chi connectivity index (χ1n) is 7.57. The number of rotatable bonds is 4. The summed E-state index contributed by atoms with van der Waals surface area (Å²) >= 11 is 5.54. The molecule has 138 valence electrons. The predicted octanol–water partition coefficient (Wildman–Crippen LogP) is 3.87. The maximum Gasteiger partial charge on any atom is 0.417 e. The standard InChI is InChI=1S/C16H13ClF3N3O3/c1-7-4-13(23-26-7)22-15(25)10-6-9(10)14(24)21-8-2-3-12(17)11(5-8)16(18,19)20/h2-5,9-10H,6H2,1H3,(H,21,24)(H,22,23,25). The summed E-state index contributed by atoms with van der Waals surface area (Å²) in [7, 11) is 0. The van der Waals surface area contributed by atoms with E-state index in [1.54, 1.807) is 6.92 Å². The van der Waals surface area contributed by atoms with Gasteiger partial charge in [0.05, 0.1) is 22.4 Å². The molecule has 1 aromatic heterocycles. The van der Waals surface area contributed by atoms with Crippen LogP contribution in [-0.2, 0) is 15.8 Å². The lowest BCUT2D eigenvalue weighted by Gasteiger charge is -2.11. The molecule has 2 unspecified atom stereocenters. The van der Waals surface area contributed by atoms with Gasteiger partial charge in [-0.2, -0.15) is 13.2 Å². The highest BCUT2D eigenvalue weighted by molar-refractivity contribution is 6.31. The van der Waals surface area contributed by atoms with Gasteiger partial charge in [-0.25, -0.2) is 0 Å². The van der Waals surface area contributed by atoms with Crippen LogP contribution in [-0.4, -0.2) is 17.0 Å². The highest BCUT2D eigenvalue weighted by Gasteiger charge is 2.48. The zero-order valence-electron chi connectivity index (χ0n) is 13.4. The van der Waals surface area contributed by atoms with E-state index in [4.69, 9.17) is 16.1 Å². The highest BCUT2D eigenvalue weighted by atomic mass is 35.5. The average molecular weight is 388 g/mol. The zero-order valence-corrected chi connectivity index (χ0v) is 14.1. The van der Waals surface area contributed by atoms with Gasteiger partial charge in [0.1, 0.15) is 5.76 Å². The summed E-state index contributed by atoms with van der Waals surface area (Å²) in [5, 5.41) is 8.07. The summed E-state index contributed by atoms with van der Waals surface area (Å²) in [6.45, 7) is 1.66. The Balaban J connectivity index is 1.61. The second kappa shape index (κ2) is 6.64. The number of nitrogens with zero attached hydrogens (tertiary/aromatic N) is 1. The first kappa shape index (κ1) is 18.2. The molecule has 1 heterocycles. The minimum atomic E-state index is -4.63. The van der Waals surface area contributed by atoms with Crippen LogP contribution in [0.3, 0.4) is 0 Å². The summed E-state index contributed by atoms with van der Waals surface area (Å²) in [5.74, 6) is -1.35. The van der Waals surface area contributed by atoms with E-state index in [1.165, 1.54) is 12.1 Å². The van der Waals surface area contributed by atoms with Gasteiger partial charge in [-0.15, -0.1) is 0 Å². The van der Waals surface area contributed by atoms with Crippen LogP contribution in [0, 0.1) is 18.8 Å². The maximum absolute atomic E-state index is 12.9. The molecule has 3 rings (SSSR count). The summed E-state index contributed by atoms with van der Waals surface area (Å²) in [5.41, 5.74) is -1.08. The Morgan fingerprint density at radius 2 is 1.85 bits per heavy atom. The number of carbonyl (C=O) groups is 2. The Labute approximate surface area is 150 Å². The van der Waals surface area contributed by atoms with E-state index in [9.17, 15) is 22.8 Å². The molecule has 0 bridgehead atoms. The number of aryl methyl sites for hydroxylation is 1. The summed E-state index contributed by atoms with van der Waals surface area (Å²) < 4.78 is 43.4. The Morgan fingerprint density at radius 3 is 2.42 bits per heavy atom. The van der Waals surface area contributed by atoms with Crippen LogP contribution < -0.4 is 10.6 Å². The van der Waals surface area contributed by atoms with Gasteiger partial charge in [-0.05, 0) is 31.5 Å². The number of halogens is 4. The molecule has 2 atom stereocenters. The molecule has 6 nitrogen and oxygen atoms in total. The SMILES string of the molecule is Cc1cc(NC(=O)C2CC2C(=O)Nc2ccc(Cl)c(C(F)(F)F)c2)no1. The van der Waals surface area contributed by atoms with E-state index in [-0.39, 0.29) is 11.5 Å². The minimum Gasteiger partial charge on any atom is -0.360 e. The van der Waals surface area contributed by atoms with Gasteiger partial charge in [0.15, 0.2) is 5.82 Å². The fourth-order valence-electron chi connectivity index (χ4n) is 2.47. The molecular weight excluding hydrogens is 375 g/mol. The van der Waals surface area contributed by atoms with Gasteiger partial charge in [0.25, 0.3) is 0 Å². The molecule has 2 amide bonds. The number of carbonyl (C=O) groups excluding carboxylic acids is 2. The Bertz CT molecular complexity index is 866. The van der Waals surface area contributed by atoms with Crippen molar-refractivity contribution in [2.45, 2.75) is 19.5 Å². The van der Waals surface area contributed by atoms with Crippen LogP contribution in [0.5, 0.6) is 0 Å². The van der Waals surface area contributed by atoms with Crippen LogP contribution in [0.1, 0.15) is 17.7 Å². The molecule has 26 heavy (non-hydrogen) atoms. The molecule has 2 N–H and O–H groups in total. The fourth-order valence-corrected chi connectivity index (χ4v) is 2.70. The van der Waals surface area contributed by atoms with Crippen molar-refractivity contribution in [2.75, 3.05) is 10.6 Å². The number of nitrogens with one attached hydrogen (secondary N) is 2. The van der Waals surface area contributed by atoms with Crippen molar-refractivity contribution in [2.24, 2.45) is 11.8 Å². The smallest absolute Gasteiger partial charge is 0.360 e. The molecule has 0 radical (unpaired) electrons. The Hall–Kier alpha value is -2.55. The number of aromatic nitrogens is 1. The predicted molar refractivity (Wildman–Crippen MR) is 86.6 cm³/mol. The van der Waals surface area contributed by atoms with E-state index in [1.807, 2.05) is 0 Å². The van der Waals surface area contributed by atoms with Crippen LogP contribution in [0.2, 0.25) is 5.02 Å². The lowest BCUT2D eigenvalue weighted by Crippen LogP contribution is -2.21. The summed E-state index contributed by atoms with van der Waals surface area (Å²) in [6, 6.07) is 4.62. The third-order valence-corrected chi connectivity index (χ3v) is 4.21. The first-order valence-corrected chi connectivity index (χ1v) is 7.95. The van der Waals surface area contributed by atoms with Crippen molar-refractivity contribution >= 4 is 34.9 Å². The van der Waals surface area contributed by atoms with Crippen molar-refractivity contribution < 1.29 is 27.3 Å². The van der Waals surface area contributed by atoms with Crippen molar-refractivity contribution in [3.63, 3.8) is 0 Å². The number of benzene rings is 1. The lowest BCUT2D eigenvalue weighted by molar-refractivity contribution is -0.137. The minimum absolute atomic E-state index is 0.0371. The molecular formula is C16H13ClF3N3O3. The van der Waals surface area contributed by atoms with Crippen LogP contribution in [0.15, 0.2) is 28.8 Å². The van der Waals surface area contributed by atoms with Crippen molar-refractivity contribution in [1.29, 1.82) is 0 Å². The van der Waals surface area contributed by atoms with Gasteiger partial charge in [0.2, 0.25) is 11.8 Å². The summed E-state index contributed by atoms with van der Waals surface area (Å²) in [4.78, 5) is 24.2. The van der Waals surface area contributed by atoms with E-state index in [0.29, 0.717) is 12.2 Å². The second-order valence-electron chi connectivity index (χ2n) is 5.94. The molecule has 1 aliphatic carbocycles. The third-order valence-electron chi connectivity index (χ3n) is 3.88. The first-order chi connectivity index (χ1) is 12.1. The van der Waals surface area contributed by atoms with Crippen molar-refractivity contribution in [3.05, 3.63) is 40.6 Å². The summed E-state index contributed by atoms with van der Waals surface area (Å²) in [6.07, 6.45) is -4.33. The molecule has 1 aliphatic rings. The number of anilines is 2. The van der Waals surface area contributed by atoms with Gasteiger partial charge in [-0.1, -0.05) is 16.8 Å². The largest absolute Gasteiger partial charge is 0.417 e. The fraction of sp³-hybridized carbons (Fsp3) is 0.312. The monoisotopic (exact) mass is 387 g/mol. The van der Waals surface area contributed by atoms with Crippen LogP contribution in [0.25, 0.3) is 0 Å². The number of alkyl halides is 3. The molecule has 0 aliphatic heterocycles. The van der Waals surface area contributed by atoms with Crippen LogP contribution in [0.4, 0.5) is 24.7 Å². The quantitative estimate of drug-likeness (QED) is 0.834. The second-order valence-corrected chi connectivity index (χ2v) is 6.35. The molecule has 1 fully saturated rings. The molecule has 0 spiro atoms. The molecule has 10 heteroatoms. The van der Waals surface area contributed by atoms with E-state index >= 15 is 0 Å². The number of amides is 2. The van der Waals surface area contributed by atoms with Gasteiger partial charge in [-0.3, -0.25) is 9.59 Å². The third kappa shape index (κ3) is 3.98. The van der Waals surface area contributed by atoms with Gasteiger partial charge in [0, 0.05) is 11.8 Å². The van der Waals surface area contributed by atoms with E-state index in [0.717, 1.165) is 12.1 Å².